The number of carbonyl (C=O) groups excluding carboxylic acids is 1. The summed E-state index contributed by atoms with van der Waals surface area (Å²) in [5.41, 5.74) is 7.28. The molecule has 0 aromatic heterocycles. The van der Waals surface area contributed by atoms with E-state index in [9.17, 15) is 9.18 Å². The third kappa shape index (κ3) is 4.03. The fourth-order valence-corrected chi connectivity index (χ4v) is 2.23. The molecule has 0 spiro atoms. The minimum atomic E-state index is -0.502. The van der Waals surface area contributed by atoms with Crippen LogP contribution in [0.1, 0.15) is 18.5 Å². The van der Waals surface area contributed by atoms with Gasteiger partial charge >= 0.3 is 0 Å². The van der Waals surface area contributed by atoms with E-state index in [4.69, 9.17) is 17.3 Å². The van der Waals surface area contributed by atoms with Crippen molar-refractivity contribution in [1.29, 1.82) is 0 Å². The summed E-state index contributed by atoms with van der Waals surface area (Å²) < 4.78 is 13.2. The molecule has 2 aromatic carbocycles. The molecule has 0 aliphatic rings. The first-order chi connectivity index (χ1) is 9.97. The molecule has 0 saturated heterocycles. The molecule has 2 rings (SSSR count). The molecule has 3 N–H and O–H groups in total. The first-order valence-electron chi connectivity index (χ1n) is 6.55. The van der Waals surface area contributed by atoms with Crippen LogP contribution >= 0.6 is 11.6 Å². The zero-order chi connectivity index (χ0) is 15.4. The molecule has 2 unspecified atom stereocenters. The van der Waals surface area contributed by atoms with Gasteiger partial charge in [0, 0.05) is 16.8 Å². The Bertz CT molecular complexity index is 613. The Morgan fingerprint density at radius 1 is 1.24 bits per heavy atom. The number of hydrogen-bond donors (Lipinski definition) is 2. The lowest BCUT2D eigenvalue weighted by Gasteiger charge is -2.20. The Kier molecular flexibility index (Phi) is 4.94. The second-order valence-corrected chi connectivity index (χ2v) is 5.31. The summed E-state index contributed by atoms with van der Waals surface area (Å²) in [5, 5.41) is 2.86. The molecule has 110 valence electrons. The van der Waals surface area contributed by atoms with Gasteiger partial charge in [-0.3, -0.25) is 4.79 Å². The topological polar surface area (TPSA) is 55.1 Å². The summed E-state index contributed by atoms with van der Waals surface area (Å²) in [6.07, 6.45) is 0. The number of anilines is 1. The Balaban J connectivity index is 2.09. The number of hydrogen-bond acceptors (Lipinski definition) is 2. The van der Waals surface area contributed by atoms with Crippen LogP contribution in [0.5, 0.6) is 0 Å². The minimum absolute atomic E-state index is 0.227. The molecular formula is C16H16ClFN2O. The van der Waals surface area contributed by atoms with E-state index in [1.807, 2.05) is 30.3 Å². The molecule has 0 radical (unpaired) electrons. The van der Waals surface area contributed by atoms with Crippen molar-refractivity contribution in [3.63, 3.8) is 0 Å². The van der Waals surface area contributed by atoms with Crippen molar-refractivity contribution in [2.45, 2.75) is 13.0 Å². The number of amides is 1. The summed E-state index contributed by atoms with van der Waals surface area (Å²) in [6, 6.07) is 12.8. The Morgan fingerprint density at radius 2 is 1.90 bits per heavy atom. The highest BCUT2D eigenvalue weighted by Crippen LogP contribution is 2.22. The Morgan fingerprint density at radius 3 is 2.52 bits per heavy atom. The van der Waals surface area contributed by atoms with E-state index in [0.717, 1.165) is 5.56 Å². The van der Waals surface area contributed by atoms with E-state index in [1.54, 1.807) is 6.92 Å². The number of rotatable bonds is 4. The quantitative estimate of drug-likeness (QED) is 0.903. The number of nitrogens with two attached hydrogens (primary N) is 1. The summed E-state index contributed by atoms with van der Waals surface area (Å²) in [5.74, 6) is -1.25. The summed E-state index contributed by atoms with van der Waals surface area (Å²) in [4.78, 5) is 12.2. The average molecular weight is 307 g/mol. The predicted octanol–water partition coefficient (Wildman–Crippen LogP) is 3.75. The lowest BCUT2D eigenvalue weighted by molar-refractivity contribution is -0.120. The second-order valence-electron chi connectivity index (χ2n) is 4.87. The van der Waals surface area contributed by atoms with Crippen LogP contribution in [0.25, 0.3) is 0 Å². The molecule has 21 heavy (non-hydrogen) atoms. The van der Waals surface area contributed by atoms with Gasteiger partial charge < -0.3 is 11.1 Å². The molecule has 0 bridgehead atoms. The van der Waals surface area contributed by atoms with E-state index in [1.165, 1.54) is 18.2 Å². The fraction of sp³-hybridized carbons (Fsp3) is 0.188. The van der Waals surface area contributed by atoms with Crippen LogP contribution in [0.4, 0.5) is 10.1 Å². The first kappa shape index (κ1) is 15.5. The third-order valence-corrected chi connectivity index (χ3v) is 3.49. The van der Waals surface area contributed by atoms with Crippen LogP contribution in [-0.2, 0) is 4.79 Å². The smallest absolute Gasteiger partial charge is 0.229 e. The van der Waals surface area contributed by atoms with Gasteiger partial charge in [-0.25, -0.2) is 4.39 Å². The molecular weight excluding hydrogens is 291 g/mol. The molecule has 2 atom stereocenters. The van der Waals surface area contributed by atoms with Crippen LogP contribution in [-0.4, -0.2) is 5.91 Å². The lowest BCUT2D eigenvalue weighted by Crippen LogP contribution is -2.30. The molecule has 0 aliphatic carbocycles. The van der Waals surface area contributed by atoms with Gasteiger partial charge in [-0.15, -0.1) is 0 Å². The highest BCUT2D eigenvalue weighted by Gasteiger charge is 2.22. The zero-order valence-electron chi connectivity index (χ0n) is 11.5. The van der Waals surface area contributed by atoms with E-state index >= 15 is 0 Å². The summed E-state index contributed by atoms with van der Waals surface area (Å²) in [7, 11) is 0. The van der Waals surface area contributed by atoms with Crippen LogP contribution in [0, 0.1) is 11.7 Å². The van der Waals surface area contributed by atoms with E-state index in [-0.39, 0.29) is 10.9 Å². The molecule has 0 fully saturated rings. The molecule has 2 aromatic rings. The van der Waals surface area contributed by atoms with Crippen molar-refractivity contribution >= 4 is 23.2 Å². The first-order valence-corrected chi connectivity index (χ1v) is 6.92. The summed E-state index contributed by atoms with van der Waals surface area (Å²) >= 11 is 5.76. The third-order valence-electron chi connectivity index (χ3n) is 3.27. The van der Waals surface area contributed by atoms with Crippen molar-refractivity contribution in [3.8, 4) is 0 Å². The molecule has 0 aliphatic heterocycles. The number of carbonyl (C=O) groups is 1. The second kappa shape index (κ2) is 6.70. The lowest BCUT2D eigenvalue weighted by atomic mass is 9.94. The Hall–Kier alpha value is -1.91. The summed E-state index contributed by atoms with van der Waals surface area (Å²) in [6.45, 7) is 1.73. The monoisotopic (exact) mass is 306 g/mol. The predicted molar refractivity (Wildman–Crippen MR) is 82.6 cm³/mol. The van der Waals surface area contributed by atoms with Crippen LogP contribution in [0.15, 0.2) is 48.5 Å². The number of nitrogens with one attached hydrogen (secondary N) is 1. The zero-order valence-corrected chi connectivity index (χ0v) is 12.3. The Labute approximate surface area is 127 Å². The standard InChI is InChI=1S/C16H16ClFN2O/c1-10(15(19)11-5-3-2-4-6-11)16(21)20-14-8-12(17)7-13(18)9-14/h2-10,15H,19H2,1H3,(H,20,21). The van der Waals surface area contributed by atoms with E-state index in [2.05, 4.69) is 5.32 Å². The van der Waals surface area contributed by atoms with Crippen molar-refractivity contribution in [3.05, 3.63) is 64.9 Å². The average Bonchev–Trinajstić information content (AvgIpc) is 2.45. The molecule has 5 heteroatoms. The van der Waals surface area contributed by atoms with Crippen molar-refractivity contribution in [2.24, 2.45) is 11.7 Å². The van der Waals surface area contributed by atoms with Crippen LogP contribution in [0.3, 0.4) is 0 Å². The van der Waals surface area contributed by atoms with E-state index in [0.29, 0.717) is 5.69 Å². The maximum atomic E-state index is 13.2. The van der Waals surface area contributed by atoms with Gasteiger partial charge in [0.05, 0.1) is 5.92 Å². The van der Waals surface area contributed by atoms with Crippen LogP contribution in [0.2, 0.25) is 5.02 Å². The normalized spacial score (nSPS) is 13.5. The van der Waals surface area contributed by atoms with Crippen LogP contribution < -0.4 is 11.1 Å². The van der Waals surface area contributed by atoms with Gasteiger partial charge in [-0.05, 0) is 23.8 Å². The fourth-order valence-electron chi connectivity index (χ4n) is 2.01. The molecule has 0 heterocycles. The number of halogens is 2. The minimum Gasteiger partial charge on any atom is -0.326 e. The van der Waals surface area contributed by atoms with E-state index < -0.39 is 17.8 Å². The number of benzene rings is 2. The van der Waals surface area contributed by atoms with Crippen molar-refractivity contribution in [1.82, 2.24) is 0 Å². The largest absolute Gasteiger partial charge is 0.326 e. The van der Waals surface area contributed by atoms with Gasteiger partial charge in [0.2, 0.25) is 5.91 Å². The van der Waals surface area contributed by atoms with Gasteiger partial charge in [0.25, 0.3) is 0 Å². The maximum Gasteiger partial charge on any atom is 0.229 e. The van der Waals surface area contributed by atoms with Gasteiger partial charge in [-0.2, -0.15) is 0 Å². The molecule has 0 saturated carbocycles. The van der Waals surface area contributed by atoms with Crippen molar-refractivity contribution < 1.29 is 9.18 Å². The van der Waals surface area contributed by atoms with Gasteiger partial charge in [-0.1, -0.05) is 48.9 Å². The maximum absolute atomic E-state index is 13.2. The SMILES string of the molecule is CC(C(=O)Nc1cc(F)cc(Cl)c1)C(N)c1ccccc1. The highest BCUT2D eigenvalue weighted by atomic mass is 35.5. The molecule has 1 amide bonds. The van der Waals surface area contributed by atoms with Crippen molar-refractivity contribution in [2.75, 3.05) is 5.32 Å². The molecule has 3 nitrogen and oxygen atoms in total. The van der Waals surface area contributed by atoms with Gasteiger partial charge in [0.15, 0.2) is 0 Å². The van der Waals surface area contributed by atoms with Gasteiger partial charge in [0.1, 0.15) is 5.82 Å². The highest BCUT2D eigenvalue weighted by molar-refractivity contribution is 6.30.